The van der Waals surface area contributed by atoms with Crippen molar-refractivity contribution < 1.29 is 13.9 Å². The van der Waals surface area contributed by atoms with Crippen molar-refractivity contribution in [1.29, 1.82) is 0 Å². The fourth-order valence-electron chi connectivity index (χ4n) is 1.75. The monoisotopic (exact) mass is 211 g/mol. The molecule has 0 spiro atoms. The molecular formula is C11H17NO3. The van der Waals surface area contributed by atoms with E-state index in [0.29, 0.717) is 19.3 Å². The predicted molar refractivity (Wildman–Crippen MR) is 55.6 cm³/mol. The maximum Gasteiger partial charge on any atom is 0.159 e. The average molecular weight is 211 g/mol. The molecular weight excluding hydrogens is 194 g/mol. The minimum atomic E-state index is -0.0580. The van der Waals surface area contributed by atoms with E-state index in [1.807, 2.05) is 19.2 Å². The highest BCUT2D eigenvalue weighted by Gasteiger charge is 2.21. The first-order valence-electron chi connectivity index (χ1n) is 5.31. The van der Waals surface area contributed by atoms with E-state index in [1.54, 1.807) is 6.26 Å². The van der Waals surface area contributed by atoms with Gasteiger partial charge in [-0.3, -0.25) is 0 Å². The molecule has 1 aromatic heterocycles. The maximum absolute atomic E-state index is 5.41. The van der Waals surface area contributed by atoms with Gasteiger partial charge >= 0.3 is 0 Å². The largest absolute Gasteiger partial charge is 0.469 e. The molecule has 1 aliphatic rings. The summed E-state index contributed by atoms with van der Waals surface area (Å²) in [6.45, 7) is 1.42. The lowest BCUT2D eigenvalue weighted by Crippen LogP contribution is -2.32. The Morgan fingerprint density at radius 3 is 2.87 bits per heavy atom. The van der Waals surface area contributed by atoms with Crippen LogP contribution in [0.2, 0.25) is 0 Å². The third-order valence-electron chi connectivity index (χ3n) is 2.60. The summed E-state index contributed by atoms with van der Waals surface area (Å²) in [6.07, 6.45) is 3.37. The maximum atomic E-state index is 5.41. The van der Waals surface area contributed by atoms with Crippen LogP contribution >= 0.6 is 0 Å². The summed E-state index contributed by atoms with van der Waals surface area (Å²) < 4.78 is 16.1. The summed E-state index contributed by atoms with van der Waals surface area (Å²) in [5, 5.41) is 3.25. The summed E-state index contributed by atoms with van der Waals surface area (Å²) in [7, 11) is 1.95. The molecule has 4 nitrogen and oxygen atoms in total. The molecule has 4 heteroatoms. The zero-order chi connectivity index (χ0) is 10.5. The summed E-state index contributed by atoms with van der Waals surface area (Å²) in [5.41, 5.74) is 0. The van der Waals surface area contributed by atoms with Gasteiger partial charge in [0, 0.05) is 18.9 Å². The van der Waals surface area contributed by atoms with Gasteiger partial charge in [0.05, 0.1) is 19.5 Å². The Labute approximate surface area is 89.6 Å². The molecule has 1 unspecified atom stereocenters. The molecule has 0 aromatic carbocycles. The van der Waals surface area contributed by atoms with Gasteiger partial charge in [-0.1, -0.05) is 0 Å². The molecule has 15 heavy (non-hydrogen) atoms. The highest BCUT2D eigenvalue weighted by atomic mass is 16.7. The molecule has 0 radical (unpaired) electrons. The Morgan fingerprint density at radius 1 is 1.47 bits per heavy atom. The molecule has 2 rings (SSSR count). The summed E-state index contributed by atoms with van der Waals surface area (Å²) in [4.78, 5) is 0. The molecule has 1 saturated heterocycles. The molecule has 1 N–H and O–H groups in total. The van der Waals surface area contributed by atoms with Crippen molar-refractivity contribution in [2.75, 3.05) is 20.3 Å². The Kier molecular flexibility index (Phi) is 3.77. The number of hydrogen-bond donors (Lipinski definition) is 1. The van der Waals surface area contributed by atoms with Crippen LogP contribution in [0.4, 0.5) is 0 Å². The molecule has 1 fully saturated rings. The van der Waals surface area contributed by atoms with Gasteiger partial charge in [-0.15, -0.1) is 0 Å². The van der Waals surface area contributed by atoms with Crippen LogP contribution in [-0.2, 0) is 15.9 Å². The van der Waals surface area contributed by atoms with Crippen molar-refractivity contribution in [3.05, 3.63) is 24.2 Å². The lowest BCUT2D eigenvalue weighted by molar-refractivity contribution is -0.0524. The van der Waals surface area contributed by atoms with Gasteiger partial charge in [0.15, 0.2) is 6.29 Å². The minimum Gasteiger partial charge on any atom is -0.469 e. The number of ether oxygens (including phenoxy) is 2. The first kappa shape index (κ1) is 10.7. The number of rotatable bonds is 5. The second-order valence-corrected chi connectivity index (χ2v) is 3.68. The van der Waals surface area contributed by atoms with Gasteiger partial charge in [-0.25, -0.2) is 0 Å². The van der Waals surface area contributed by atoms with E-state index in [9.17, 15) is 0 Å². The first-order valence-corrected chi connectivity index (χ1v) is 5.31. The van der Waals surface area contributed by atoms with Crippen LogP contribution in [0.15, 0.2) is 22.8 Å². The Hall–Kier alpha value is -0.840. The minimum absolute atomic E-state index is 0.0580. The van der Waals surface area contributed by atoms with Gasteiger partial charge in [0.2, 0.25) is 0 Å². The van der Waals surface area contributed by atoms with Crippen molar-refractivity contribution in [2.24, 2.45) is 0 Å². The number of likely N-dealkylation sites (N-methyl/N-ethyl adjacent to an activating group) is 1. The lowest BCUT2D eigenvalue weighted by atomic mass is 10.1. The normalized spacial score (nSPS) is 19.5. The second kappa shape index (κ2) is 5.30. The second-order valence-electron chi connectivity index (χ2n) is 3.68. The molecule has 0 bridgehead atoms. The highest BCUT2D eigenvalue weighted by molar-refractivity contribution is 5.00. The van der Waals surface area contributed by atoms with E-state index < -0.39 is 0 Å². The van der Waals surface area contributed by atoms with Crippen LogP contribution in [0, 0.1) is 0 Å². The topological polar surface area (TPSA) is 43.6 Å². The Balaban J connectivity index is 1.81. The Morgan fingerprint density at radius 2 is 2.27 bits per heavy atom. The van der Waals surface area contributed by atoms with Crippen LogP contribution in [0.1, 0.15) is 12.2 Å². The van der Waals surface area contributed by atoms with E-state index in [1.165, 1.54) is 0 Å². The lowest BCUT2D eigenvalue weighted by Gasteiger charge is -2.18. The Bertz CT molecular complexity index is 267. The molecule has 1 aliphatic heterocycles. The van der Waals surface area contributed by atoms with E-state index in [4.69, 9.17) is 13.9 Å². The fraction of sp³-hybridized carbons (Fsp3) is 0.636. The molecule has 84 valence electrons. The summed E-state index contributed by atoms with van der Waals surface area (Å²) in [6, 6.07) is 4.23. The van der Waals surface area contributed by atoms with Crippen molar-refractivity contribution >= 4 is 0 Å². The third-order valence-corrected chi connectivity index (χ3v) is 2.60. The van der Waals surface area contributed by atoms with Crippen molar-refractivity contribution in [3.8, 4) is 0 Å². The van der Waals surface area contributed by atoms with Gasteiger partial charge in [-0.2, -0.15) is 0 Å². The van der Waals surface area contributed by atoms with Crippen molar-refractivity contribution in [1.82, 2.24) is 5.32 Å². The van der Waals surface area contributed by atoms with Gasteiger partial charge < -0.3 is 19.2 Å². The standard InChI is InChI=1S/C11H17NO3/c1-12-9(7-10-3-2-4-13-10)8-11-14-5-6-15-11/h2-4,9,11-12H,5-8H2,1H3. The highest BCUT2D eigenvalue weighted by Crippen LogP contribution is 2.13. The summed E-state index contributed by atoms with van der Waals surface area (Å²) in [5.74, 6) is 0.993. The molecule has 2 heterocycles. The summed E-state index contributed by atoms with van der Waals surface area (Å²) >= 11 is 0. The van der Waals surface area contributed by atoms with Crippen LogP contribution in [0.5, 0.6) is 0 Å². The average Bonchev–Trinajstić information content (AvgIpc) is 2.89. The quantitative estimate of drug-likeness (QED) is 0.794. The zero-order valence-electron chi connectivity index (χ0n) is 8.94. The van der Waals surface area contributed by atoms with Crippen LogP contribution in [0.3, 0.4) is 0 Å². The molecule has 1 atom stereocenters. The molecule has 0 aliphatic carbocycles. The van der Waals surface area contributed by atoms with E-state index in [0.717, 1.165) is 18.6 Å². The van der Waals surface area contributed by atoms with Crippen molar-refractivity contribution in [3.63, 3.8) is 0 Å². The van der Waals surface area contributed by atoms with Gasteiger partial charge in [0.25, 0.3) is 0 Å². The number of furan rings is 1. The molecule has 0 saturated carbocycles. The zero-order valence-corrected chi connectivity index (χ0v) is 8.94. The SMILES string of the molecule is CNC(Cc1ccco1)CC1OCCO1. The molecule has 0 amide bonds. The number of nitrogens with one attached hydrogen (secondary N) is 1. The van der Waals surface area contributed by atoms with Gasteiger partial charge in [-0.05, 0) is 19.2 Å². The van der Waals surface area contributed by atoms with Crippen LogP contribution in [0.25, 0.3) is 0 Å². The smallest absolute Gasteiger partial charge is 0.159 e. The fourth-order valence-corrected chi connectivity index (χ4v) is 1.75. The van der Waals surface area contributed by atoms with E-state index in [-0.39, 0.29) is 6.29 Å². The molecule has 1 aromatic rings. The van der Waals surface area contributed by atoms with Crippen LogP contribution in [-0.4, -0.2) is 32.6 Å². The van der Waals surface area contributed by atoms with E-state index in [2.05, 4.69) is 5.32 Å². The van der Waals surface area contributed by atoms with Gasteiger partial charge in [0.1, 0.15) is 5.76 Å². The van der Waals surface area contributed by atoms with Crippen LogP contribution < -0.4 is 5.32 Å². The number of hydrogen-bond acceptors (Lipinski definition) is 4. The first-order chi connectivity index (χ1) is 7.38. The third kappa shape index (κ3) is 3.06. The van der Waals surface area contributed by atoms with E-state index >= 15 is 0 Å². The van der Waals surface area contributed by atoms with Crippen molar-refractivity contribution in [2.45, 2.75) is 25.2 Å². The predicted octanol–water partition coefficient (Wildman–Crippen LogP) is 1.17.